The van der Waals surface area contributed by atoms with Crippen LogP contribution >= 0.6 is 23.2 Å². The van der Waals surface area contributed by atoms with Crippen LogP contribution in [0.25, 0.3) is 11.0 Å². The van der Waals surface area contributed by atoms with Gasteiger partial charge >= 0.3 is 11.8 Å². The van der Waals surface area contributed by atoms with Crippen molar-refractivity contribution in [3.8, 4) is 0 Å². The molecule has 3 heterocycles. The number of halogens is 2. The van der Waals surface area contributed by atoms with Crippen molar-refractivity contribution in [2.75, 3.05) is 18.0 Å². The molecule has 1 saturated heterocycles. The molecule has 152 valence electrons. The van der Waals surface area contributed by atoms with Gasteiger partial charge in [0, 0.05) is 25.2 Å². The molecule has 28 heavy (non-hydrogen) atoms. The molecule has 2 aromatic rings. The molecule has 1 aliphatic heterocycles. The molecule has 0 aliphatic carbocycles. The fourth-order valence-corrected chi connectivity index (χ4v) is 3.52. The molecule has 2 aromatic heterocycles. The second-order valence-corrected chi connectivity index (χ2v) is 8.77. The van der Waals surface area contributed by atoms with Crippen molar-refractivity contribution in [1.82, 2.24) is 19.9 Å². The van der Waals surface area contributed by atoms with Crippen molar-refractivity contribution in [3.05, 3.63) is 26.7 Å². The predicted molar refractivity (Wildman–Crippen MR) is 109 cm³/mol. The Morgan fingerprint density at radius 1 is 1.21 bits per heavy atom. The largest absolute Gasteiger partial charge is 0.444 e. The summed E-state index contributed by atoms with van der Waals surface area (Å²) in [6.07, 6.45) is -0.355. The summed E-state index contributed by atoms with van der Waals surface area (Å²) in [4.78, 5) is 39.2. The van der Waals surface area contributed by atoms with Gasteiger partial charge in [-0.05, 0) is 40.7 Å². The molecule has 2 atom stereocenters. The number of carbonyl (C=O) groups is 1. The number of anilines is 1. The van der Waals surface area contributed by atoms with Gasteiger partial charge in [-0.15, -0.1) is 0 Å². The van der Waals surface area contributed by atoms with Crippen LogP contribution in [0.3, 0.4) is 0 Å². The maximum Gasteiger partial charge on any atom is 0.410 e. The van der Waals surface area contributed by atoms with E-state index in [4.69, 9.17) is 27.9 Å². The summed E-state index contributed by atoms with van der Waals surface area (Å²) in [5.74, 6) is 0.466. The van der Waals surface area contributed by atoms with Gasteiger partial charge in [-0.2, -0.15) is 4.98 Å². The standard InChI is InChI=1S/C18H23Cl2N5O3/c1-9-8-25(17(27)28-18(3,4)5)10(2)7-24(9)15-11-6-12(19)13(20)21-14(11)22-16(26)23-15/h6,9-10H,7-8H2,1-5H3,(H,21,22,23,26)/t9-,10+/m0/s1. The van der Waals surface area contributed by atoms with Crippen LogP contribution in [0.2, 0.25) is 10.2 Å². The minimum absolute atomic E-state index is 0.101. The van der Waals surface area contributed by atoms with E-state index in [1.165, 1.54) is 0 Å². The van der Waals surface area contributed by atoms with Crippen LogP contribution in [0.15, 0.2) is 10.9 Å². The van der Waals surface area contributed by atoms with Gasteiger partial charge in [0.1, 0.15) is 22.2 Å². The van der Waals surface area contributed by atoms with Gasteiger partial charge in [-0.1, -0.05) is 23.2 Å². The maximum atomic E-state index is 12.5. The molecule has 0 bridgehead atoms. The number of pyridine rings is 1. The monoisotopic (exact) mass is 427 g/mol. The number of ether oxygens (including phenoxy) is 1. The van der Waals surface area contributed by atoms with Crippen molar-refractivity contribution in [2.45, 2.75) is 52.3 Å². The summed E-state index contributed by atoms with van der Waals surface area (Å²) in [6, 6.07) is 1.40. The van der Waals surface area contributed by atoms with Crippen molar-refractivity contribution in [1.29, 1.82) is 0 Å². The Bertz CT molecular complexity index is 972. The summed E-state index contributed by atoms with van der Waals surface area (Å²) >= 11 is 12.1. The van der Waals surface area contributed by atoms with Crippen molar-refractivity contribution in [2.24, 2.45) is 0 Å². The van der Waals surface area contributed by atoms with E-state index < -0.39 is 11.3 Å². The Labute approximate surface area is 172 Å². The third kappa shape index (κ3) is 4.17. The lowest BCUT2D eigenvalue weighted by molar-refractivity contribution is 0.0130. The van der Waals surface area contributed by atoms with Crippen LogP contribution in [0.1, 0.15) is 34.6 Å². The Balaban J connectivity index is 1.95. The van der Waals surface area contributed by atoms with E-state index in [9.17, 15) is 9.59 Å². The van der Waals surface area contributed by atoms with Gasteiger partial charge in [0.15, 0.2) is 0 Å². The SMILES string of the molecule is C[C@@H]1CN(c2nc(=O)[nH]c3nc(Cl)c(Cl)cc23)[C@@H](C)CN1C(=O)OC(C)(C)C. The van der Waals surface area contributed by atoms with Gasteiger partial charge in [0.25, 0.3) is 0 Å². The lowest BCUT2D eigenvalue weighted by Gasteiger charge is -2.44. The molecular weight excluding hydrogens is 405 g/mol. The molecule has 10 heteroatoms. The zero-order valence-corrected chi connectivity index (χ0v) is 17.9. The van der Waals surface area contributed by atoms with Gasteiger partial charge in [0.05, 0.1) is 10.4 Å². The Hall–Kier alpha value is -2.06. The predicted octanol–water partition coefficient (Wildman–Crippen LogP) is 3.46. The molecule has 0 saturated carbocycles. The molecule has 8 nitrogen and oxygen atoms in total. The second-order valence-electron chi connectivity index (χ2n) is 8.01. The van der Waals surface area contributed by atoms with Gasteiger partial charge in [0.2, 0.25) is 0 Å². The number of aromatic nitrogens is 3. The maximum absolute atomic E-state index is 12.5. The summed E-state index contributed by atoms with van der Waals surface area (Å²) in [5.41, 5.74) is -0.773. The molecule has 1 aliphatic rings. The van der Waals surface area contributed by atoms with E-state index in [1.54, 1.807) is 11.0 Å². The first kappa shape index (κ1) is 20.7. The summed E-state index contributed by atoms with van der Waals surface area (Å²) in [6.45, 7) is 10.3. The van der Waals surface area contributed by atoms with Crippen molar-refractivity contribution >= 4 is 46.1 Å². The number of aromatic amines is 1. The minimum atomic E-state index is -0.566. The number of nitrogens with zero attached hydrogens (tertiary/aromatic N) is 4. The van der Waals surface area contributed by atoms with E-state index in [-0.39, 0.29) is 28.4 Å². The summed E-state index contributed by atoms with van der Waals surface area (Å²) < 4.78 is 5.51. The number of rotatable bonds is 1. The van der Waals surface area contributed by atoms with Crippen LogP contribution in [-0.4, -0.2) is 56.7 Å². The van der Waals surface area contributed by atoms with Crippen LogP contribution in [-0.2, 0) is 4.74 Å². The molecule has 3 rings (SSSR count). The molecular formula is C18H23Cl2N5O3. The Morgan fingerprint density at radius 3 is 2.54 bits per heavy atom. The Morgan fingerprint density at radius 2 is 1.89 bits per heavy atom. The van der Waals surface area contributed by atoms with Crippen LogP contribution < -0.4 is 10.6 Å². The first-order valence-corrected chi connectivity index (χ1v) is 9.74. The van der Waals surface area contributed by atoms with Crippen LogP contribution in [0, 0.1) is 0 Å². The highest BCUT2D eigenvalue weighted by atomic mass is 35.5. The van der Waals surface area contributed by atoms with E-state index >= 15 is 0 Å². The summed E-state index contributed by atoms with van der Waals surface area (Å²) in [5, 5.41) is 0.981. The third-order valence-electron chi connectivity index (χ3n) is 4.49. The molecule has 1 N–H and O–H groups in total. The van der Waals surface area contributed by atoms with E-state index in [0.717, 1.165) is 0 Å². The van der Waals surface area contributed by atoms with Crippen molar-refractivity contribution in [3.63, 3.8) is 0 Å². The highest BCUT2D eigenvalue weighted by molar-refractivity contribution is 6.41. The highest BCUT2D eigenvalue weighted by Crippen LogP contribution is 2.31. The van der Waals surface area contributed by atoms with Crippen LogP contribution in [0.4, 0.5) is 10.6 Å². The lowest BCUT2D eigenvalue weighted by atomic mass is 10.1. The molecule has 1 amide bonds. The number of carbonyl (C=O) groups excluding carboxylic acids is 1. The smallest absolute Gasteiger partial charge is 0.410 e. The molecule has 1 fully saturated rings. The number of hydrogen-bond donors (Lipinski definition) is 1. The van der Waals surface area contributed by atoms with Gasteiger partial charge in [-0.25, -0.2) is 14.6 Å². The topological polar surface area (TPSA) is 91.4 Å². The number of nitrogens with one attached hydrogen (secondary N) is 1. The van der Waals surface area contributed by atoms with E-state index in [0.29, 0.717) is 29.9 Å². The van der Waals surface area contributed by atoms with Gasteiger partial charge in [-0.3, -0.25) is 4.98 Å². The van der Waals surface area contributed by atoms with E-state index in [2.05, 4.69) is 15.0 Å². The van der Waals surface area contributed by atoms with E-state index in [1.807, 2.05) is 39.5 Å². The molecule has 0 spiro atoms. The normalized spacial score (nSPS) is 20.5. The van der Waals surface area contributed by atoms with Crippen LogP contribution in [0.5, 0.6) is 0 Å². The lowest BCUT2D eigenvalue weighted by Crippen LogP contribution is -2.59. The quantitative estimate of drug-likeness (QED) is 0.700. The average Bonchev–Trinajstić information content (AvgIpc) is 2.56. The number of hydrogen-bond acceptors (Lipinski definition) is 6. The fourth-order valence-electron chi connectivity index (χ4n) is 3.23. The number of fused-ring (bicyclic) bond motifs is 1. The number of H-pyrrole nitrogens is 1. The highest BCUT2D eigenvalue weighted by Gasteiger charge is 2.35. The second kappa shape index (κ2) is 7.40. The third-order valence-corrected chi connectivity index (χ3v) is 5.17. The first-order valence-electron chi connectivity index (χ1n) is 8.98. The zero-order chi connectivity index (χ0) is 20.8. The zero-order valence-electron chi connectivity index (χ0n) is 16.4. The minimum Gasteiger partial charge on any atom is -0.444 e. The Kier molecular flexibility index (Phi) is 5.46. The number of piperazine rings is 1. The first-order chi connectivity index (χ1) is 13.0. The molecule has 0 aromatic carbocycles. The summed E-state index contributed by atoms with van der Waals surface area (Å²) in [7, 11) is 0. The fraction of sp³-hybridized carbons (Fsp3) is 0.556. The van der Waals surface area contributed by atoms with Gasteiger partial charge < -0.3 is 14.5 Å². The number of amides is 1. The molecule has 0 radical (unpaired) electrons. The average molecular weight is 428 g/mol. The van der Waals surface area contributed by atoms with Crippen molar-refractivity contribution < 1.29 is 9.53 Å². The molecule has 0 unspecified atom stereocenters.